The van der Waals surface area contributed by atoms with E-state index < -0.39 is 11.6 Å². The van der Waals surface area contributed by atoms with Crippen LogP contribution in [0.3, 0.4) is 0 Å². The Kier molecular flexibility index (Phi) is 3.23. The predicted molar refractivity (Wildman–Crippen MR) is 58.4 cm³/mol. The average molecular weight is 233 g/mol. The van der Waals surface area contributed by atoms with Crippen molar-refractivity contribution in [1.29, 1.82) is 0 Å². The first kappa shape index (κ1) is 12.2. The number of nitrogens with one attached hydrogen (secondary N) is 1. The summed E-state index contributed by atoms with van der Waals surface area (Å²) in [5.74, 6) is -1.39. The first-order chi connectivity index (χ1) is 7.43. The molecule has 16 heavy (non-hydrogen) atoms. The average Bonchev–Trinajstić information content (AvgIpc) is 2.24. The Morgan fingerprint density at radius 1 is 1.19 bits per heavy atom. The van der Waals surface area contributed by atoms with Crippen LogP contribution in [0.5, 0.6) is 0 Å². The Hall–Kier alpha value is -0.220. The number of hydrogen-bond donors (Lipinski definition) is 1. The molecule has 1 unspecified atom stereocenters. The quantitative estimate of drug-likeness (QED) is 0.752. The van der Waals surface area contributed by atoms with Crippen molar-refractivity contribution in [3.05, 3.63) is 0 Å². The molecule has 0 radical (unpaired) electrons. The number of ether oxygens (including phenoxy) is 1. The van der Waals surface area contributed by atoms with Crippen LogP contribution >= 0.6 is 0 Å². The van der Waals surface area contributed by atoms with Crippen LogP contribution in [0.1, 0.15) is 39.5 Å². The van der Waals surface area contributed by atoms with Crippen LogP contribution in [0.2, 0.25) is 0 Å². The molecule has 0 aromatic heterocycles. The van der Waals surface area contributed by atoms with Crippen molar-refractivity contribution in [2.75, 3.05) is 13.2 Å². The van der Waals surface area contributed by atoms with Gasteiger partial charge in [0, 0.05) is 19.4 Å². The van der Waals surface area contributed by atoms with Crippen LogP contribution in [0.25, 0.3) is 0 Å². The fourth-order valence-electron chi connectivity index (χ4n) is 2.46. The Morgan fingerprint density at radius 3 is 2.25 bits per heavy atom. The minimum atomic E-state index is -2.48. The van der Waals surface area contributed by atoms with Crippen molar-refractivity contribution in [2.45, 2.75) is 51.2 Å². The van der Waals surface area contributed by atoms with Gasteiger partial charge in [-0.25, -0.2) is 8.78 Å². The van der Waals surface area contributed by atoms with Crippen LogP contribution in [0, 0.1) is 11.8 Å². The van der Waals surface area contributed by atoms with Gasteiger partial charge in [0.25, 0.3) is 0 Å². The molecule has 1 saturated carbocycles. The molecule has 0 amide bonds. The Bertz CT molecular complexity index is 235. The lowest BCUT2D eigenvalue weighted by molar-refractivity contribution is -0.176. The van der Waals surface area contributed by atoms with Crippen molar-refractivity contribution in [3.63, 3.8) is 0 Å². The van der Waals surface area contributed by atoms with Gasteiger partial charge in [0.1, 0.15) is 5.72 Å². The van der Waals surface area contributed by atoms with E-state index in [0.717, 1.165) is 6.54 Å². The van der Waals surface area contributed by atoms with Gasteiger partial charge in [-0.2, -0.15) is 0 Å². The van der Waals surface area contributed by atoms with Gasteiger partial charge in [0.05, 0.1) is 6.61 Å². The maximum atomic E-state index is 13.1. The topological polar surface area (TPSA) is 21.3 Å². The summed E-state index contributed by atoms with van der Waals surface area (Å²) in [5, 5.41) is 3.35. The van der Waals surface area contributed by atoms with Crippen LogP contribution < -0.4 is 5.32 Å². The second kappa shape index (κ2) is 4.22. The van der Waals surface area contributed by atoms with Gasteiger partial charge in [-0.1, -0.05) is 13.8 Å². The molecule has 94 valence electrons. The molecule has 2 nitrogen and oxygen atoms in total. The van der Waals surface area contributed by atoms with E-state index in [1.807, 2.05) is 0 Å². The van der Waals surface area contributed by atoms with E-state index in [-0.39, 0.29) is 12.8 Å². The second-order valence-corrected chi connectivity index (χ2v) is 5.55. The van der Waals surface area contributed by atoms with E-state index in [2.05, 4.69) is 19.2 Å². The SMILES string of the molecule is CC(C)C1CNC2(CCC(F)(F)CC2)OC1. The Labute approximate surface area is 95.7 Å². The Morgan fingerprint density at radius 2 is 1.81 bits per heavy atom. The maximum Gasteiger partial charge on any atom is 0.248 e. The first-order valence-corrected chi connectivity index (χ1v) is 6.19. The number of rotatable bonds is 1. The fraction of sp³-hybridized carbons (Fsp3) is 1.00. The lowest BCUT2D eigenvalue weighted by Crippen LogP contribution is -2.58. The molecule has 1 saturated heterocycles. The van der Waals surface area contributed by atoms with E-state index in [9.17, 15) is 8.78 Å². The van der Waals surface area contributed by atoms with E-state index in [4.69, 9.17) is 4.74 Å². The molecule has 4 heteroatoms. The largest absolute Gasteiger partial charge is 0.360 e. The van der Waals surface area contributed by atoms with Crippen LogP contribution in [-0.2, 0) is 4.74 Å². The summed E-state index contributed by atoms with van der Waals surface area (Å²) in [6, 6.07) is 0. The van der Waals surface area contributed by atoms with Crippen LogP contribution in [-0.4, -0.2) is 24.8 Å². The van der Waals surface area contributed by atoms with Gasteiger partial charge in [0.2, 0.25) is 5.92 Å². The van der Waals surface area contributed by atoms with Gasteiger partial charge < -0.3 is 4.74 Å². The van der Waals surface area contributed by atoms with Gasteiger partial charge in [0.15, 0.2) is 0 Å². The molecule has 1 aliphatic heterocycles. The molecular weight excluding hydrogens is 212 g/mol. The molecule has 1 atom stereocenters. The molecule has 1 spiro atoms. The summed E-state index contributed by atoms with van der Waals surface area (Å²) >= 11 is 0. The molecule has 0 bridgehead atoms. The van der Waals surface area contributed by atoms with E-state index in [1.54, 1.807) is 0 Å². The van der Waals surface area contributed by atoms with Gasteiger partial charge >= 0.3 is 0 Å². The summed E-state index contributed by atoms with van der Waals surface area (Å²) in [6.45, 7) is 5.94. The van der Waals surface area contributed by atoms with Crippen molar-refractivity contribution >= 4 is 0 Å². The summed E-state index contributed by atoms with van der Waals surface area (Å²) in [4.78, 5) is 0. The zero-order valence-corrected chi connectivity index (χ0v) is 10.1. The van der Waals surface area contributed by atoms with Crippen molar-refractivity contribution in [2.24, 2.45) is 11.8 Å². The molecular formula is C12H21F2NO. The second-order valence-electron chi connectivity index (χ2n) is 5.55. The predicted octanol–water partition coefficient (Wildman–Crippen LogP) is 2.78. The highest BCUT2D eigenvalue weighted by molar-refractivity contribution is 4.91. The number of halogens is 2. The zero-order valence-electron chi connectivity index (χ0n) is 10.1. The van der Waals surface area contributed by atoms with Crippen LogP contribution in [0.4, 0.5) is 8.78 Å². The highest BCUT2D eigenvalue weighted by Crippen LogP contribution is 2.40. The van der Waals surface area contributed by atoms with Crippen molar-refractivity contribution in [3.8, 4) is 0 Å². The van der Waals surface area contributed by atoms with Crippen molar-refractivity contribution in [1.82, 2.24) is 5.32 Å². The monoisotopic (exact) mass is 233 g/mol. The van der Waals surface area contributed by atoms with Gasteiger partial charge in [-0.05, 0) is 24.7 Å². The number of hydrogen-bond acceptors (Lipinski definition) is 2. The van der Waals surface area contributed by atoms with Gasteiger partial charge in [-0.3, -0.25) is 5.32 Å². The van der Waals surface area contributed by atoms with Crippen molar-refractivity contribution < 1.29 is 13.5 Å². The van der Waals surface area contributed by atoms with E-state index in [1.165, 1.54) is 0 Å². The summed E-state index contributed by atoms with van der Waals surface area (Å²) < 4.78 is 32.0. The molecule has 2 rings (SSSR count). The minimum absolute atomic E-state index is 0.0493. The minimum Gasteiger partial charge on any atom is -0.360 e. The highest BCUT2D eigenvalue weighted by Gasteiger charge is 2.46. The third-order valence-electron chi connectivity index (χ3n) is 3.99. The number of alkyl halides is 2. The van der Waals surface area contributed by atoms with Crippen LogP contribution in [0.15, 0.2) is 0 Å². The maximum absolute atomic E-state index is 13.1. The highest BCUT2D eigenvalue weighted by atomic mass is 19.3. The third-order valence-corrected chi connectivity index (χ3v) is 3.99. The summed E-state index contributed by atoms with van der Waals surface area (Å²) in [5.41, 5.74) is -0.451. The standard InChI is InChI=1S/C12H21F2NO/c1-9(2)10-7-15-12(16-8-10)5-3-11(13,14)4-6-12/h9-10,15H,3-8H2,1-2H3. The zero-order chi connectivity index (χ0) is 11.8. The third kappa shape index (κ3) is 2.54. The molecule has 0 aromatic rings. The molecule has 2 aliphatic rings. The fourth-order valence-corrected chi connectivity index (χ4v) is 2.46. The molecule has 0 aromatic carbocycles. The lowest BCUT2D eigenvalue weighted by atomic mass is 9.86. The summed E-state index contributed by atoms with van der Waals surface area (Å²) in [7, 11) is 0. The first-order valence-electron chi connectivity index (χ1n) is 6.19. The molecule has 1 heterocycles. The van der Waals surface area contributed by atoms with Gasteiger partial charge in [-0.15, -0.1) is 0 Å². The molecule has 2 fully saturated rings. The lowest BCUT2D eigenvalue weighted by Gasteiger charge is -2.46. The molecule has 1 N–H and O–H groups in total. The molecule has 1 aliphatic carbocycles. The van der Waals surface area contributed by atoms with E-state index in [0.29, 0.717) is 31.3 Å². The Balaban J connectivity index is 1.89. The smallest absolute Gasteiger partial charge is 0.248 e. The summed E-state index contributed by atoms with van der Waals surface area (Å²) in [6.07, 6.45) is 0.772. The van der Waals surface area contributed by atoms with E-state index >= 15 is 0 Å². The normalized spacial score (nSPS) is 33.2.